The molecule has 4 heteroatoms. The van der Waals surface area contributed by atoms with E-state index >= 15 is 0 Å². The molecule has 0 aromatic carbocycles. The molecule has 106 valence electrons. The third kappa shape index (κ3) is 4.25. The zero-order valence-electron chi connectivity index (χ0n) is 12.3. The first-order valence-electron chi connectivity index (χ1n) is 6.92. The Bertz CT molecular complexity index is 281. The first-order chi connectivity index (χ1) is 8.35. The predicted molar refractivity (Wildman–Crippen MR) is 73.8 cm³/mol. The summed E-state index contributed by atoms with van der Waals surface area (Å²) in [4.78, 5) is 16.0. The van der Waals surface area contributed by atoms with Crippen molar-refractivity contribution >= 4 is 5.97 Å². The molecular weight excluding hydrogens is 228 g/mol. The topological polar surface area (TPSA) is 43.8 Å². The molecule has 1 saturated carbocycles. The van der Waals surface area contributed by atoms with Gasteiger partial charge in [0.1, 0.15) is 0 Å². The summed E-state index contributed by atoms with van der Waals surface area (Å²) in [7, 11) is 6.13. The standard InChI is InChI=1S/C14H28N2O2/c1-12-6-5-7-14(10-12,13(17)18)11-16(4)9-8-15(2)3/h12H,5-11H2,1-4H3,(H,17,18). The fourth-order valence-electron chi connectivity index (χ4n) is 3.03. The van der Waals surface area contributed by atoms with Gasteiger partial charge < -0.3 is 14.9 Å². The summed E-state index contributed by atoms with van der Waals surface area (Å²) in [6.07, 6.45) is 3.89. The van der Waals surface area contributed by atoms with Gasteiger partial charge in [0.2, 0.25) is 0 Å². The first kappa shape index (κ1) is 15.4. The molecule has 2 unspecified atom stereocenters. The van der Waals surface area contributed by atoms with Gasteiger partial charge in [-0.05, 0) is 39.9 Å². The van der Waals surface area contributed by atoms with E-state index in [4.69, 9.17) is 0 Å². The summed E-state index contributed by atoms with van der Waals surface area (Å²) in [6.45, 7) is 4.76. The fourth-order valence-corrected chi connectivity index (χ4v) is 3.03. The minimum atomic E-state index is -0.606. The second kappa shape index (κ2) is 6.53. The molecule has 1 aliphatic carbocycles. The molecule has 2 atom stereocenters. The van der Waals surface area contributed by atoms with Crippen molar-refractivity contribution in [2.24, 2.45) is 11.3 Å². The Morgan fingerprint density at radius 1 is 1.33 bits per heavy atom. The molecule has 0 spiro atoms. The first-order valence-corrected chi connectivity index (χ1v) is 6.92. The van der Waals surface area contributed by atoms with Crippen LogP contribution in [0, 0.1) is 11.3 Å². The van der Waals surface area contributed by atoms with Gasteiger partial charge in [-0.1, -0.05) is 19.8 Å². The minimum absolute atomic E-state index is 0.515. The summed E-state index contributed by atoms with van der Waals surface area (Å²) >= 11 is 0. The highest BCUT2D eigenvalue weighted by atomic mass is 16.4. The number of hydrogen-bond donors (Lipinski definition) is 1. The normalized spacial score (nSPS) is 28.9. The molecule has 18 heavy (non-hydrogen) atoms. The number of carboxylic acids is 1. The summed E-state index contributed by atoms with van der Waals surface area (Å²) in [5.74, 6) is -0.0668. The van der Waals surface area contributed by atoms with Gasteiger partial charge >= 0.3 is 5.97 Å². The number of rotatable bonds is 6. The monoisotopic (exact) mass is 256 g/mol. The fraction of sp³-hybridized carbons (Fsp3) is 0.929. The van der Waals surface area contributed by atoms with Crippen LogP contribution in [0.5, 0.6) is 0 Å². The van der Waals surface area contributed by atoms with Crippen LogP contribution >= 0.6 is 0 Å². The van der Waals surface area contributed by atoms with Crippen molar-refractivity contribution in [2.75, 3.05) is 40.8 Å². The zero-order valence-corrected chi connectivity index (χ0v) is 12.3. The van der Waals surface area contributed by atoms with Crippen LogP contribution in [0.1, 0.15) is 32.6 Å². The Kier molecular flexibility index (Phi) is 5.60. The van der Waals surface area contributed by atoms with Crippen LogP contribution in [-0.4, -0.2) is 61.7 Å². The van der Waals surface area contributed by atoms with Crippen molar-refractivity contribution in [3.05, 3.63) is 0 Å². The highest BCUT2D eigenvalue weighted by Gasteiger charge is 2.42. The maximum absolute atomic E-state index is 11.7. The number of carboxylic acid groups (broad SMARTS) is 1. The molecule has 0 aromatic heterocycles. The van der Waals surface area contributed by atoms with E-state index in [1.165, 1.54) is 6.42 Å². The third-order valence-electron chi connectivity index (χ3n) is 4.05. The molecule has 0 heterocycles. The van der Waals surface area contributed by atoms with Gasteiger partial charge in [0, 0.05) is 19.6 Å². The number of hydrogen-bond acceptors (Lipinski definition) is 3. The van der Waals surface area contributed by atoms with E-state index < -0.39 is 11.4 Å². The lowest BCUT2D eigenvalue weighted by molar-refractivity contribution is -0.153. The van der Waals surface area contributed by atoms with Gasteiger partial charge in [0.15, 0.2) is 0 Å². The predicted octanol–water partition coefficient (Wildman–Crippen LogP) is 1.76. The van der Waals surface area contributed by atoms with Crippen molar-refractivity contribution < 1.29 is 9.90 Å². The van der Waals surface area contributed by atoms with E-state index in [2.05, 4.69) is 16.7 Å². The molecule has 0 aromatic rings. The molecule has 0 amide bonds. The lowest BCUT2D eigenvalue weighted by atomic mass is 9.70. The molecule has 1 N–H and O–H groups in total. The van der Waals surface area contributed by atoms with E-state index in [0.29, 0.717) is 12.5 Å². The average molecular weight is 256 g/mol. The second-order valence-corrected chi connectivity index (χ2v) is 6.33. The maximum atomic E-state index is 11.7. The van der Waals surface area contributed by atoms with Gasteiger partial charge in [0.25, 0.3) is 0 Å². The third-order valence-corrected chi connectivity index (χ3v) is 4.05. The Hall–Kier alpha value is -0.610. The summed E-state index contributed by atoms with van der Waals surface area (Å²) in [5, 5.41) is 9.60. The van der Waals surface area contributed by atoms with Crippen LogP contribution in [0.2, 0.25) is 0 Å². The number of aliphatic carboxylic acids is 1. The van der Waals surface area contributed by atoms with Gasteiger partial charge in [0.05, 0.1) is 5.41 Å². The average Bonchev–Trinajstić information content (AvgIpc) is 2.26. The molecule has 0 aliphatic heterocycles. The smallest absolute Gasteiger partial charge is 0.310 e. The Labute approximate surface area is 111 Å². The van der Waals surface area contributed by atoms with Gasteiger partial charge in [-0.2, -0.15) is 0 Å². The lowest BCUT2D eigenvalue weighted by Crippen LogP contribution is -2.46. The molecule has 0 radical (unpaired) electrons. The van der Waals surface area contributed by atoms with Crippen molar-refractivity contribution in [3.8, 4) is 0 Å². The van der Waals surface area contributed by atoms with Gasteiger partial charge in [-0.15, -0.1) is 0 Å². The molecule has 1 fully saturated rings. The summed E-state index contributed by atoms with van der Waals surface area (Å²) in [6, 6.07) is 0. The van der Waals surface area contributed by atoms with E-state index in [1.807, 2.05) is 21.1 Å². The van der Waals surface area contributed by atoms with Crippen LogP contribution < -0.4 is 0 Å². The Balaban J connectivity index is 2.59. The molecule has 1 rings (SSSR count). The zero-order chi connectivity index (χ0) is 13.8. The molecule has 0 saturated heterocycles. The van der Waals surface area contributed by atoms with E-state index in [-0.39, 0.29) is 0 Å². The van der Waals surface area contributed by atoms with Crippen molar-refractivity contribution in [1.29, 1.82) is 0 Å². The maximum Gasteiger partial charge on any atom is 0.310 e. The van der Waals surface area contributed by atoms with E-state index in [0.717, 1.165) is 32.4 Å². The van der Waals surface area contributed by atoms with Crippen molar-refractivity contribution in [2.45, 2.75) is 32.6 Å². The SMILES string of the molecule is CC1CCCC(CN(C)CCN(C)C)(C(=O)O)C1. The van der Waals surface area contributed by atoms with Crippen LogP contribution in [-0.2, 0) is 4.79 Å². The van der Waals surface area contributed by atoms with Gasteiger partial charge in [-0.25, -0.2) is 0 Å². The largest absolute Gasteiger partial charge is 0.481 e. The van der Waals surface area contributed by atoms with Crippen molar-refractivity contribution in [3.63, 3.8) is 0 Å². The lowest BCUT2D eigenvalue weighted by Gasteiger charge is -2.39. The summed E-state index contributed by atoms with van der Waals surface area (Å²) in [5.41, 5.74) is -0.515. The Morgan fingerprint density at radius 3 is 2.50 bits per heavy atom. The van der Waals surface area contributed by atoms with Crippen molar-refractivity contribution in [1.82, 2.24) is 9.80 Å². The van der Waals surface area contributed by atoms with Crippen LogP contribution in [0.15, 0.2) is 0 Å². The molecular formula is C14H28N2O2. The van der Waals surface area contributed by atoms with Crippen LogP contribution in [0.4, 0.5) is 0 Å². The molecule has 1 aliphatic rings. The van der Waals surface area contributed by atoms with Gasteiger partial charge in [-0.3, -0.25) is 4.79 Å². The highest BCUT2D eigenvalue weighted by molar-refractivity contribution is 5.75. The quantitative estimate of drug-likeness (QED) is 0.786. The Morgan fingerprint density at radius 2 is 2.00 bits per heavy atom. The number of likely N-dealkylation sites (N-methyl/N-ethyl adjacent to an activating group) is 2. The van der Waals surface area contributed by atoms with E-state index in [9.17, 15) is 9.90 Å². The minimum Gasteiger partial charge on any atom is -0.481 e. The second-order valence-electron chi connectivity index (χ2n) is 6.33. The van der Waals surface area contributed by atoms with E-state index in [1.54, 1.807) is 0 Å². The molecule has 0 bridgehead atoms. The van der Waals surface area contributed by atoms with Crippen LogP contribution in [0.25, 0.3) is 0 Å². The van der Waals surface area contributed by atoms with Crippen LogP contribution in [0.3, 0.4) is 0 Å². The highest BCUT2D eigenvalue weighted by Crippen LogP contribution is 2.40. The number of carbonyl (C=O) groups is 1. The summed E-state index contributed by atoms with van der Waals surface area (Å²) < 4.78 is 0. The molecule has 4 nitrogen and oxygen atoms in total. The number of nitrogens with zero attached hydrogens (tertiary/aromatic N) is 2.